The first-order valence-electron chi connectivity index (χ1n) is 16.1. The van der Waals surface area contributed by atoms with Gasteiger partial charge in [0.15, 0.2) is 0 Å². The molecule has 1 saturated carbocycles. The molecule has 6 rings (SSSR count). The Kier molecular flexibility index (Phi) is 9.00. The lowest BCUT2D eigenvalue weighted by Gasteiger charge is -2.34. The summed E-state index contributed by atoms with van der Waals surface area (Å²) in [7, 11) is 1.39. The van der Waals surface area contributed by atoms with Gasteiger partial charge in [0, 0.05) is 23.5 Å². The molecule has 5 atom stereocenters. The van der Waals surface area contributed by atoms with Crippen LogP contribution in [-0.2, 0) is 19.2 Å². The number of fused-ring (bicyclic) bond motifs is 3. The van der Waals surface area contributed by atoms with Gasteiger partial charge < -0.3 is 24.9 Å². The Balaban J connectivity index is 1.30. The summed E-state index contributed by atoms with van der Waals surface area (Å²) in [5.74, 6) is -4.33. The number of hydroxylamine groups is 2. The van der Waals surface area contributed by atoms with Gasteiger partial charge in [-0.15, -0.1) is 6.58 Å². The summed E-state index contributed by atoms with van der Waals surface area (Å²) in [5, 5.41) is 28.8. The number of hydrogen-bond acceptors (Lipinski definition) is 8. The Morgan fingerprint density at radius 2 is 1.59 bits per heavy atom. The molecule has 3 aliphatic rings. The molecule has 0 bridgehead atoms. The number of carboxylic acids is 1. The molecule has 3 aromatic carbocycles. The quantitative estimate of drug-likeness (QED) is 0.123. The standard InChI is InChI=1S/C37H38N4O8/c1-5-22-19-37(22,36(45)46)38-33(42)29-18-23(49-39-31-26-14-8-6-12-24(26)25-13-7-9-15-27(25)31)20-40(29)35(44)32(21(2)3)41(47)34(43)28-16-10-11-17-30(28)48-4/h5-17,21-23,29,32,47H,1,18-20H2,2-4H3,(H,38,42)(H,45,46)/t22-,23-,29+,32-,37+/m1/s1. The number of ether oxygens (including phenoxy) is 1. The molecular formula is C37H38N4O8. The van der Waals surface area contributed by atoms with Gasteiger partial charge in [0.1, 0.15) is 35.2 Å². The number of rotatable bonds is 11. The van der Waals surface area contributed by atoms with Crippen LogP contribution in [0.5, 0.6) is 5.75 Å². The molecule has 3 N–H and O–H groups in total. The maximum absolute atomic E-state index is 14.3. The fraction of sp³-hybridized carbons (Fsp3) is 0.324. The van der Waals surface area contributed by atoms with Gasteiger partial charge in [-0.3, -0.25) is 19.6 Å². The van der Waals surface area contributed by atoms with Crippen LogP contribution in [0.4, 0.5) is 0 Å². The van der Waals surface area contributed by atoms with Gasteiger partial charge in [0.05, 0.1) is 19.2 Å². The van der Waals surface area contributed by atoms with E-state index in [1.807, 2.05) is 48.5 Å². The number of amides is 3. The lowest BCUT2D eigenvalue weighted by Crippen LogP contribution is -2.57. The number of aliphatic carboxylic acids is 1. The van der Waals surface area contributed by atoms with Crippen molar-refractivity contribution in [3.8, 4) is 16.9 Å². The van der Waals surface area contributed by atoms with E-state index in [4.69, 9.17) is 9.57 Å². The summed E-state index contributed by atoms with van der Waals surface area (Å²) >= 11 is 0. The molecule has 2 aliphatic carbocycles. The molecule has 0 radical (unpaired) electrons. The molecule has 1 heterocycles. The first-order valence-corrected chi connectivity index (χ1v) is 16.1. The van der Waals surface area contributed by atoms with E-state index in [9.17, 15) is 29.5 Å². The van der Waals surface area contributed by atoms with E-state index in [0.29, 0.717) is 10.8 Å². The molecule has 0 spiro atoms. The van der Waals surface area contributed by atoms with E-state index in [1.54, 1.807) is 32.0 Å². The number of carbonyl (C=O) groups is 4. The minimum atomic E-state index is -1.54. The molecule has 1 saturated heterocycles. The SMILES string of the molecule is C=C[C@@H]1C[C@@]1(NC(=O)[C@@H]1C[C@@H](ON=C2c3ccccc3-c3ccccc32)CN1C(=O)[C@@H](C(C)C)N(O)C(=O)c1ccccc1OC)C(=O)O. The van der Waals surface area contributed by atoms with Gasteiger partial charge in [-0.2, -0.15) is 0 Å². The van der Waals surface area contributed by atoms with E-state index >= 15 is 0 Å². The van der Waals surface area contributed by atoms with Crippen molar-refractivity contribution in [1.29, 1.82) is 0 Å². The zero-order valence-corrected chi connectivity index (χ0v) is 27.4. The summed E-state index contributed by atoms with van der Waals surface area (Å²) in [6, 6.07) is 19.3. The number of oxime groups is 1. The first kappa shape index (κ1) is 33.4. The molecule has 3 amide bonds. The minimum Gasteiger partial charge on any atom is -0.496 e. The summed E-state index contributed by atoms with van der Waals surface area (Å²) in [5.41, 5.74) is 2.88. The van der Waals surface area contributed by atoms with Crippen molar-refractivity contribution in [1.82, 2.24) is 15.3 Å². The number of nitrogens with one attached hydrogen (secondary N) is 1. The van der Waals surface area contributed by atoms with Crippen molar-refractivity contribution in [2.24, 2.45) is 17.0 Å². The highest BCUT2D eigenvalue weighted by Crippen LogP contribution is 2.45. The third kappa shape index (κ3) is 5.92. The fourth-order valence-corrected chi connectivity index (χ4v) is 6.82. The summed E-state index contributed by atoms with van der Waals surface area (Å²) < 4.78 is 5.29. The number of nitrogens with zero attached hydrogens (tertiary/aromatic N) is 3. The highest BCUT2D eigenvalue weighted by atomic mass is 16.6. The highest BCUT2D eigenvalue weighted by Gasteiger charge is 2.61. The second-order valence-electron chi connectivity index (χ2n) is 12.9. The molecule has 2 fully saturated rings. The van der Waals surface area contributed by atoms with Crippen LogP contribution in [0.1, 0.15) is 48.2 Å². The van der Waals surface area contributed by atoms with Gasteiger partial charge >= 0.3 is 5.97 Å². The molecule has 12 heteroatoms. The van der Waals surface area contributed by atoms with Crippen molar-refractivity contribution in [2.75, 3.05) is 13.7 Å². The van der Waals surface area contributed by atoms with Crippen LogP contribution in [0, 0.1) is 11.8 Å². The largest absolute Gasteiger partial charge is 0.496 e. The highest BCUT2D eigenvalue weighted by molar-refractivity contribution is 6.24. The third-order valence-electron chi connectivity index (χ3n) is 9.52. The number of benzene rings is 3. The van der Waals surface area contributed by atoms with Gasteiger partial charge in [-0.25, -0.2) is 9.86 Å². The smallest absolute Gasteiger partial charge is 0.330 e. The van der Waals surface area contributed by atoms with Crippen molar-refractivity contribution < 1.29 is 39.1 Å². The molecule has 1 aliphatic heterocycles. The molecule has 3 aromatic rings. The average molecular weight is 667 g/mol. The van der Waals surface area contributed by atoms with E-state index in [2.05, 4.69) is 17.1 Å². The maximum atomic E-state index is 14.3. The van der Waals surface area contributed by atoms with Crippen LogP contribution in [0.2, 0.25) is 0 Å². The first-order chi connectivity index (χ1) is 23.5. The van der Waals surface area contributed by atoms with E-state index in [1.165, 1.54) is 24.2 Å². The van der Waals surface area contributed by atoms with Crippen LogP contribution in [0.25, 0.3) is 11.1 Å². The normalized spacial score (nSPS) is 22.4. The molecule has 0 unspecified atom stereocenters. The Hall–Kier alpha value is -5.49. The Morgan fingerprint density at radius 1 is 1.00 bits per heavy atom. The molecule has 49 heavy (non-hydrogen) atoms. The number of hydrogen-bond donors (Lipinski definition) is 3. The second-order valence-corrected chi connectivity index (χ2v) is 12.9. The van der Waals surface area contributed by atoms with Crippen LogP contribution < -0.4 is 10.1 Å². The number of methoxy groups -OCH3 is 1. The molecular weight excluding hydrogens is 628 g/mol. The molecule has 254 valence electrons. The fourth-order valence-electron chi connectivity index (χ4n) is 6.82. The molecule has 0 aromatic heterocycles. The van der Waals surface area contributed by atoms with Gasteiger partial charge in [-0.05, 0) is 35.6 Å². The number of likely N-dealkylation sites (tertiary alicyclic amines) is 1. The van der Waals surface area contributed by atoms with Crippen molar-refractivity contribution in [3.05, 3.63) is 102 Å². The number of carbonyl (C=O) groups excluding carboxylic acids is 3. The topological polar surface area (TPSA) is 158 Å². The predicted octanol–water partition coefficient (Wildman–Crippen LogP) is 4.12. The Morgan fingerprint density at radius 3 is 2.14 bits per heavy atom. The maximum Gasteiger partial charge on any atom is 0.330 e. The second kappa shape index (κ2) is 13.2. The van der Waals surface area contributed by atoms with Crippen LogP contribution in [0.15, 0.2) is 90.6 Å². The Labute approximate surface area is 283 Å². The third-order valence-corrected chi connectivity index (χ3v) is 9.52. The van der Waals surface area contributed by atoms with E-state index < -0.39 is 59.3 Å². The van der Waals surface area contributed by atoms with Gasteiger partial charge in [0.2, 0.25) is 11.8 Å². The lowest BCUT2D eigenvalue weighted by atomic mass is 10.0. The summed E-state index contributed by atoms with van der Waals surface area (Å²) in [6.07, 6.45) is 0.861. The van der Waals surface area contributed by atoms with Crippen LogP contribution in [-0.4, -0.2) is 87.1 Å². The van der Waals surface area contributed by atoms with Crippen molar-refractivity contribution in [2.45, 2.75) is 50.4 Å². The van der Waals surface area contributed by atoms with E-state index in [0.717, 1.165) is 22.3 Å². The van der Waals surface area contributed by atoms with E-state index in [-0.39, 0.29) is 30.7 Å². The van der Waals surface area contributed by atoms with Crippen LogP contribution in [0.3, 0.4) is 0 Å². The summed E-state index contributed by atoms with van der Waals surface area (Å²) in [6.45, 7) is 6.91. The van der Waals surface area contributed by atoms with Crippen molar-refractivity contribution >= 4 is 29.4 Å². The minimum absolute atomic E-state index is 0.0111. The number of carboxylic acid groups (broad SMARTS) is 1. The lowest BCUT2D eigenvalue weighted by molar-refractivity contribution is -0.159. The monoisotopic (exact) mass is 666 g/mol. The zero-order chi connectivity index (χ0) is 35.0. The van der Waals surface area contributed by atoms with Gasteiger partial charge in [-0.1, -0.05) is 85.7 Å². The zero-order valence-electron chi connectivity index (χ0n) is 27.4. The van der Waals surface area contributed by atoms with Crippen molar-refractivity contribution in [3.63, 3.8) is 0 Å². The Bertz CT molecular complexity index is 1810. The predicted molar refractivity (Wildman–Crippen MR) is 179 cm³/mol. The number of para-hydroxylation sites is 1. The van der Waals surface area contributed by atoms with Gasteiger partial charge in [0.25, 0.3) is 5.91 Å². The van der Waals surface area contributed by atoms with Crippen LogP contribution >= 0.6 is 0 Å². The summed E-state index contributed by atoms with van der Waals surface area (Å²) in [4.78, 5) is 61.2. The molecule has 12 nitrogen and oxygen atoms in total. The average Bonchev–Trinajstić information content (AvgIpc) is 3.50.